The minimum atomic E-state index is -4.38. The molecule has 0 heterocycles. The summed E-state index contributed by atoms with van der Waals surface area (Å²) in [4.78, 5) is 14.8. The Bertz CT molecular complexity index is 1060. The first-order valence-corrected chi connectivity index (χ1v) is 8.39. The van der Waals surface area contributed by atoms with Gasteiger partial charge in [0.05, 0.1) is 5.56 Å². The standard InChI is InChI=1S/C20H15F3N4O/c21-20(22,23)16-7-4-13(5-8-16)17-3-1-2-14-12-15(6-9-18(14)17)19(28)25-10-11-26-27-24/h1-9,12H,10-11H2,(H,25,28). The molecular weight excluding hydrogens is 369 g/mol. The average Bonchev–Trinajstić information content (AvgIpc) is 2.69. The van der Waals surface area contributed by atoms with Crippen LogP contribution in [0.1, 0.15) is 15.9 Å². The van der Waals surface area contributed by atoms with Gasteiger partial charge in [0.15, 0.2) is 0 Å². The van der Waals surface area contributed by atoms with Crippen LogP contribution in [-0.4, -0.2) is 19.0 Å². The molecule has 1 N–H and O–H groups in total. The number of fused-ring (bicyclic) bond motifs is 1. The maximum Gasteiger partial charge on any atom is 0.416 e. The van der Waals surface area contributed by atoms with Crippen LogP contribution in [0.15, 0.2) is 65.8 Å². The number of carbonyl (C=O) groups excluding carboxylic acids is 1. The number of hydrogen-bond donors (Lipinski definition) is 1. The van der Waals surface area contributed by atoms with E-state index in [-0.39, 0.29) is 19.0 Å². The van der Waals surface area contributed by atoms with Crippen LogP contribution >= 0.6 is 0 Å². The number of hydrogen-bond acceptors (Lipinski definition) is 2. The predicted octanol–water partition coefficient (Wildman–Crippen LogP) is 5.57. The topological polar surface area (TPSA) is 77.9 Å². The molecule has 0 spiro atoms. The number of carbonyl (C=O) groups is 1. The van der Waals surface area contributed by atoms with Gasteiger partial charge in [0.1, 0.15) is 0 Å². The Morgan fingerprint density at radius 1 is 1.07 bits per heavy atom. The molecule has 0 bridgehead atoms. The molecule has 0 aliphatic carbocycles. The van der Waals surface area contributed by atoms with Crippen LogP contribution in [0.4, 0.5) is 13.2 Å². The molecule has 0 saturated carbocycles. The predicted molar refractivity (Wildman–Crippen MR) is 101 cm³/mol. The van der Waals surface area contributed by atoms with Gasteiger partial charge in [-0.1, -0.05) is 41.5 Å². The molecule has 0 aliphatic heterocycles. The summed E-state index contributed by atoms with van der Waals surface area (Å²) < 4.78 is 38.3. The van der Waals surface area contributed by atoms with Gasteiger partial charge in [-0.3, -0.25) is 4.79 Å². The minimum Gasteiger partial charge on any atom is -0.352 e. The number of alkyl halides is 3. The second-order valence-corrected chi connectivity index (χ2v) is 6.03. The summed E-state index contributed by atoms with van der Waals surface area (Å²) in [5.41, 5.74) is 9.41. The fourth-order valence-corrected chi connectivity index (χ4v) is 2.88. The molecule has 142 valence electrons. The van der Waals surface area contributed by atoms with Crippen molar-refractivity contribution < 1.29 is 18.0 Å². The number of nitrogens with one attached hydrogen (secondary N) is 1. The van der Waals surface area contributed by atoms with E-state index in [9.17, 15) is 18.0 Å². The Morgan fingerprint density at radius 3 is 2.50 bits per heavy atom. The number of benzene rings is 3. The largest absolute Gasteiger partial charge is 0.416 e. The number of amides is 1. The summed E-state index contributed by atoms with van der Waals surface area (Å²) in [6.45, 7) is 0.389. The lowest BCUT2D eigenvalue weighted by molar-refractivity contribution is -0.137. The number of azide groups is 1. The number of nitrogens with zero attached hydrogens (tertiary/aromatic N) is 3. The van der Waals surface area contributed by atoms with Gasteiger partial charge in [-0.05, 0) is 51.7 Å². The van der Waals surface area contributed by atoms with E-state index in [1.807, 2.05) is 12.1 Å². The Labute approximate surface area is 158 Å². The molecule has 0 unspecified atom stereocenters. The van der Waals surface area contributed by atoms with Crippen molar-refractivity contribution in [3.05, 3.63) is 82.2 Å². The van der Waals surface area contributed by atoms with Crippen LogP contribution in [0, 0.1) is 0 Å². The van der Waals surface area contributed by atoms with Crippen molar-refractivity contribution in [1.29, 1.82) is 0 Å². The monoisotopic (exact) mass is 384 g/mol. The Kier molecular flexibility index (Phi) is 5.52. The second kappa shape index (κ2) is 8.02. The highest BCUT2D eigenvalue weighted by atomic mass is 19.4. The molecule has 3 aromatic rings. The Balaban J connectivity index is 1.89. The van der Waals surface area contributed by atoms with Crippen molar-refractivity contribution in [1.82, 2.24) is 5.32 Å². The Hall–Kier alpha value is -3.51. The van der Waals surface area contributed by atoms with Crippen molar-refractivity contribution in [2.45, 2.75) is 6.18 Å². The summed E-state index contributed by atoms with van der Waals surface area (Å²) in [7, 11) is 0. The first kappa shape index (κ1) is 19.3. The van der Waals surface area contributed by atoms with E-state index in [2.05, 4.69) is 15.3 Å². The van der Waals surface area contributed by atoms with Crippen molar-refractivity contribution in [2.24, 2.45) is 5.11 Å². The van der Waals surface area contributed by atoms with Gasteiger partial charge in [-0.25, -0.2) is 0 Å². The zero-order valence-electron chi connectivity index (χ0n) is 14.6. The number of rotatable bonds is 5. The van der Waals surface area contributed by atoms with Gasteiger partial charge in [-0.2, -0.15) is 13.2 Å². The lowest BCUT2D eigenvalue weighted by Gasteiger charge is -2.11. The third-order valence-corrected chi connectivity index (χ3v) is 4.23. The SMILES string of the molecule is [N-]=[N+]=NCCNC(=O)c1ccc2c(-c3ccc(C(F)(F)F)cc3)cccc2c1. The van der Waals surface area contributed by atoms with Crippen LogP contribution in [0.25, 0.3) is 32.3 Å². The van der Waals surface area contributed by atoms with Crippen molar-refractivity contribution in [3.63, 3.8) is 0 Å². The van der Waals surface area contributed by atoms with E-state index in [1.165, 1.54) is 12.1 Å². The van der Waals surface area contributed by atoms with Crippen LogP contribution in [0.5, 0.6) is 0 Å². The Morgan fingerprint density at radius 2 is 1.82 bits per heavy atom. The van der Waals surface area contributed by atoms with Gasteiger partial charge in [0.25, 0.3) is 5.91 Å². The first-order valence-electron chi connectivity index (χ1n) is 8.39. The van der Waals surface area contributed by atoms with Gasteiger partial charge in [0, 0.05) is 23.6 Å². The maximum atomic E-state index is 12.8. The highest BCUT2D eigenvalue weighted by molar-refractivity contribution is 6.02. The lowest BCUT2D eigenvalue weighted by atomic mass is 9.96. The molecule has 28 heavy (non-hydrogen) atoms. The number of halogens is 3. The molecular formula is C20H15F3N4O. The highest BCUT2D eigenvalue weighted by Gasteiger charge is 2.30. The molecule has 3 aromatic carbocycles. The van der Waals surface area contributed by atoms with Crippen LogP contribution in [0.2, 0.25) is 0 Å². The smallest absolute Gasteiger partial charge is 0.352 e. The van der Waals surface area contributed by atoms with E-state index >= 15 is 0 Å². The molecule has 3 rings (SSSR count). The quantitative estimate of drug-likeness (QED) is 0.266. The summed E-state index contributed by atoms with van der Waals surface area (Å²) in [6, 6.07) is 15.6. The lowest BCUT2D eigenvalue weighted by Crippen LogP contribution is -2.25. The molecule has 0 aliphatic rings. The summed E-state index contributed by atoms with van der Waals surface area (Å²) in [6.07, 6.45) is -4.38. The zero-order valence-corrected chi connectivity index (χ0v) is 14.6. The normalized spacial score (nSPS) is 11.1. The highest BCUT2D eigenvalue weighted by Crippen LogP contribution is 2.33. The van der Waals surface area contributed by atoms with Gasteiger partial charge < -0.3 is 5.32 Å². The fraction of sp³-hybridized carbons (Fsp3) is 0.150. The third-order valence-electron chi connectivity index (χ3n) is 4.23. The molecule has 0 radical (unpaired) electrons. The first-order chi connectivity index (χ1) is 13.4. The van der Waals surface area contributed by atoms with Crippen molar-refractivity contribution in [2.75, 3.05) is 13.1 Å². The van der Waals surface area contributed by atoms with Gasteiger partial charge in [0.2, 0.25) is 0 Å². The van der Waals surface area contributed by atoms with Crippen LogP contribution in [-0.2, 0) is 6.18 Å². The molecule has 1 amide bonds. The van der Waals surface area contributed by atoms with Crippen molar-refractivity contribution >= 4 is 16.7 Å². The maximum absolute atomic E-state index is 12.8. The minimum absolute atomic E-state index is 0.161. The molecule has 0 saturated heterocycles. The van der Waals surface area contributed by atoms with E-state index in [1.54, 1.807) is 24.3 Å². The average molecular weight is 384 g/mol. The van der Waals surface area contributed by atoms with E-state index in [4.69, 9.17) is 5.53 Å². The summed E-state index contributed by atoms with van der Waals surface area (Å²) in [5, 5.41) is 7.62. The second-order valence-electron chi connectivity index (χ2n) is 6.03. The van der Waals surface area contributed by atoms with E-state index < -0.39 is 11.7 Å². The van der Waals surface area contributed by atoms with E-state index in [0.29, 0.717) is 11.1 Å². The third kappa shape index (κ3) is 4.24. The molecule has 0 atom stereocenters. The summed E-state index contributed by atoms with van der Waals surface area (Å²) in [5.74, 6) is -0.296. The zero-order chi connectivity index (χ0) is 20.1. The van der Waals surface area contributed by atoms with Gasteiger partial charge >= 0.3 is 6.18 Å². The van der Waals surface area contributed by atoms with Crippen LogP contribution < -0.4 is 5.32 Å². The molecule has 5 nitrogen and oxygen atoms in total. The molecule has 0 fully saturated rings. The van der Waals surface area contributed by atoms with Crippen LogP contribution in [0.3, 0.4) is 0 Å². The van der Waals surface area contributed by atoms with Crippen molar-refractivity contribution in [3.8, 4) is 11.1 Å². The van der Waals surface area contributed by atoms with E-state index in [0.717, 1.165) is 28.5 Å². The van der Waals surface area contributed by atoms with Gasteiger partial charge in [-0.15, -0.1) is 0 Å². The molecule has 0 aromatic heterocycles. The molecule has 8 heteroatoms. The summed E-state index contributed by atoms with van der Waals surface area (Å²) >= 11 is 0. The fourth-order valence-electron chi connectivity index (χ4n) is 2.88.